The van der Waals surface area contributed by atoms with Crippen molar-refractivity contribution in [1.82, 2.24) is 0 Å². The Morgan fingerprint density at radius 2 is 1.80 bits per heavy atom. The van der Waals surface area contributed by atoms with Crippen LogP contribution in [0, 0.1) is 0 Å². The summed E-state index contributed by atoms with van der Waals surface area (Å²) >= 11 is 0. The van der Waals surface area contributed by atoms with Gasteiger partial charge in [-0.3, -0.25) is 0 Å². The third kappa shape index (κ3) is 2.06. The highest BCUT2D eigenvalue weighted by atomic mass is 16.7. The lowest BCUT2D eigenvalue weighted by atomic mass is 9.77. The van der Waals surface area contributed by atoms with Gasteiger partial charge in [-0.15, -0.1) is 0 Å². The van der Waals surface area contributed by atoms with Crippen LogP contribution in [0.3, 0.4) is 0 Å². The first-order chi connectivity index (χ1) is 9.34. The summed E-state index contributed by atoms with van der Waals surface area (Å²) in [5, 5.41) is 3.49. The van der Waals surface area contributed by atoms with Crippen LogP contribution in [-0.4, -0.2) is 24.9 Å². The molecule has 0 unspecified atom stereocenters. The number of nitrogens with one attached hydrogen (secondary N) is 1. The lowest BCUT2D eigenvalue weighted by Gasteiger charge is -2.32. The Labute approximate surface area is 122 Å². The van der Waals surface area contributed by atoms with Crippen LogP contribution in [0.5, 0.6) is 0 Å². The molecule has 3 rings (SSSR count). The van der Waals surface area contributed by atoms with Gasteiger partial charge in [-0.25, -0.2) is 0 Å². The molecule has 0 amide bonds. The number of fused-ring (bicyclic) bond motifs is 1. The van der Waals surface area contributed by atoms with Gasteiger partial charge >= 0.3 is 7.12 Å². The number of benzene rings is 1. The number of hydrogen-bond donors (Lipinski definition) is 1. The van der Waals surface area contributed by atoms with Gasteiger partial charge in [-0.05, 0) is 57.1 Å². The second kappa shape index (κ2) is 4.50. The SMILES string of the molecule is CCc1cc(B2OC(C)(C)C(C)(C)O2)cc2c1NCC2. The van der Waals surface area contributed by atoms with E-state index in [1.54, 1.807) is 0 Å². The molecule has 1 aromatic rings. The molecule has 0 atom stereocenters. The van der Waals surface area contributed by atoms with Gasteiger partial charge < -0.3 is 14.6 Å². The van der Waals surface area contributed by atoms with E-state index in [1.165, 1.54) is 16.8 Å². The van der Waals surface area contributed by atoms with Crippen molar-refractivity contribution in [2.45, 2.75) is 58.7 Å². The third-order valence-corrected chi connectivity index (χ3v) is 4.93. The topological polar surface area (TPSA) is 30.5 Å². The van der Waals surface area contributed by atoms with Crippen molar-refractivity contribution in [2.75, 3.05) is 11.9 Å². The second-order valence-electron chi connectivity index (χ2n) is 6.83. The summed E-state index contributed by atoms with van der Waals surface area (Å²) in [4.78, 5) is 0. The molecule has 4 heteroatoms. The molecule has 0 spiro atoms. The molecule has 1 fully saturated rings. The van der Waals surface area contributed by atoms with E-state index in [1.807, 2.05) is 0 Å². The highest BCUT2D eigenvalue weighted by Gasteiger charge is 2.51. The fourth-order valence-corrected chi connectivity index (χ4v) is 2.94. The van der Waals surface area contributed by atoms with Gasteiger partial charge in [0.05, 0.1) is 11.2 Å². The summed E-state index contributed by atoms with van der Waals surface area (Å²) in [5.74, 6) is 0. The molecule has 20 heavy (non-hydrogen) atoms. The lowest BCUT2D eigenvalue weighted by molar-refractivity contribution is 0.00578. The molecule has 2 aliphatic rings. The zero-order chi connectivity index (χ0) is 14.5. The summed E-state index contributed by atoms with van der Waals surface area (Å²) in [6, 6.07) is 4.48. The minimum absolute atomic E-state index is 0.254. The van der Waals surface area contributed by atoms with Crippen LogP contribution in [0.15, 0.2) is 12.1 Å². The van der Waals surface area contributed by atoms with Crippen molar-refractivity contribution in [3.8, 4) is 0 Å². The van der Waals surface area contributed by atoms with E-state index in [2.05, 4.69) is 52.1 Å². The number of hydrogen-bond acceptors (Lipinski definition) is 3. The summed E-state index contributed by atoms with van der Waals surface area (Å²) in [5.41, 5.74) is 4.69. The molecule has 0 radical (unpaired) electrons. The van der Waals surface area contributed by atoms with E-state index in [4.69, 9.17) is 9.31 Å². The molecule has 0 aromatic heterocycles. The Morgan fingerprint density at radius 3 is 2.40 bits per heavy atom. The van der Waals surface area contributed by atoms with Gasteiger partial charge in [-0.1, -0.05) is 19.1 Å². The molecule has 2 heterocycles. The van der Waals surface area contributed by atoms with E-state index in [0.717, 1.165) is 24.8 Å². The Morgan fingerprint density at radius 1 is 1.15 bits per heavy atom. The van der Waals surface area contributed by atoms with Crippen molar-refractivity contribution in [3.05, 3.63) is 23.3 Å². The van der Waals surface area contributed by atoms with Crippen LogP contribution < -0.4 is 10.8 Å². The van der Waals surface area contributed by atoms with Gasteiger partial charge in [0.2, 0.25) is 0 Å². The number of rotatable bonds is 2. The average Bonchev–Trinajstić information content (AvgIpc) is 2.91. The van der Waals surface area contributed by atoms with Crippen LogP contribution in [0.2, 0.25) is 0 Å². The van der Waals surface area contributed by atoms with E-state index in [9.17, 15) is 0 Å². The summed E-state index contributed by atoms with van der Waals surface area (Å²) in [7, 11) is -0.254. The Bertz CT molecular complexity index is 524. The van der Waals surface area contributed by atoms with E-state index in [-0.39, 0.29) is 18.3 Å². The van der Waals surface area contributed by atoms with Crippen molar-refractivity contribution < 1.29 is 9.31 Å². The fourth-order valence-electron chi connectivity index (χ4n) is 2.94. The lowest BCUT2D eigenvalue weighted by Crippen LogP contribution is -2.41. The zero-order valence-corrected chi connectivity index (χ0v) is 13.2. The molecular formula is C16H24BNO2. The monoisotopic (exact) mass is 273 g/mol. The summed E-state index contributed by atoms with van der Waals surface area (Å²) < 4.78 is 12.3. The maximum Gasteiger partial charge on any atom is 0.494 e. The minimum atomic E-state index is -0.276. The molecule has 1 N–H and O–H groups in total. The summed E-state index contributed by atoms with van der Waals surface area (Å²) in [6.07, 6.45) is 2.12. The third-order valence-electron chi connectivity index (χ3n) is 4.93. The van der Waals surface area contributed by atoms with Gasteiger partial charge in [0, 0.05) is 12.2 Å². The Balaban J connectivity index is 1.97. The molecule has 0 aliphatic carbocycles. The molecule has 3 nitrogen and oxygen atoms in total. The van der Waals surface area contributed by atoms with Gasteiger partial charge in [0.1, 0.15) is 0 Å². The van der Waals surface area contributed by atoms with E-state index < -0.39 is 0 Å². The maximum absolute atomic E-state index is 6.17. The average molecular weight is 273 g/mol. The van der Waals surface area contributed by atoms with Crippen LogP contribution >= 0.6 is 0 Å². The molecule has 108 valence electrons. The van der Waals surface area contributed by atoms with E-state index >= 15 is 0 Å². The second-order valence-corrected chi connectivity index (χ2v) is 6.83. The summed E-state index contributed by atoms with van der Waals surface area (Å²) in [6.45, 7) is 11.6. The Kier molecular flexibility index (Phi) is 3.14. The van der Waals surface area contributed by atoms with E-state index in [0.29, 0.717) is 0 Å². The highest BCUT2D eigenvalue weighted by molar-refractivity contribution is 6.62. The number of aryl methyl sites for hydroxylation is 1. The van der Waals surface area contributed by atoms with Crippen LogP contribution in [-0.2, 0) is 22.2 Å². The first-order valence-electron chi connectivity index (χ1n) is 7.59. The normalized spacial score (nSPS) is 22.8. The number of anilines is 1. The molecular weight excluding hydrogens is 249 g/mol. The highest BCUT2D eigenvalue weighted by Crippen LogP contribution is 2.37. The molecule has 2 aliphatic heterocycles. The van der Waals surface area contributed by atoms with Crippen molar-refractivity contribution in [1.29, 1.82) is 0 Å². The molecule has 1 aromatic carbocycles. The van der Waals surface area contributed by atoms with Crippen LogP contribution in [0.25, 0.3) is 0 Å². The predicted molar refractivity (Wildman–Crippen MR) is 83.7 cm³/mol. The quantitative estimate of drug-likeness (QED) is 0.840. The van der Waals surface area contributed by atoms with Gasteiger partial charge in [0.15, 0.2) is 0 Å². The molecule has 0 bridgehead atoms. The standard InChI is InChI=1S/C16H24BNO2/c1-6-11-9-13(10-12-7-8-18-14(11)12)17-19-15(2,3)16(4,5)20-17/h9-10,18H,6-8H2,1-5H3. The maximum atomic E-state index is 6.17. The minimum Gasteiger partial charge on any atom is -0.399 e. The van der Waals surface area contributed by atoms with Gasteiger partial charge in [-0.2, -0.15) is 0 Å². The predicted octanol–water partition coefficient (Wildman–Crippen LogP) is 2.52. The van der Waals surface area contributed by atoms with Gasteiger partial charge in [0.25, 0.3) is 0 Å². The zero-order valence-electron chi connectivity index (χ0n) is 13.2. The van der Waals surface area contributed by atoms with Crippen LogP contribution in [0.1, 0.15) is 45.7 Å². The van der Waals surface area contributed by atoms with Crippen molar-refractivity contribution in [3.63, 3.8) is 0 Å². The van der Waals surface area contributed by atoms with Crippen LogP contribution in [0.4, 0.5) is 5.69 Å². The smallest absolute Gasteiger partial charge is 0.399 e. The fraction of sp³-hybridized carbons (Fsp3) is 0.625. The largest absolute Gasteiger partial charge is 0.494 e. The Hall–Kier alpha value is -0.995. The van der Waals surface area contributed by atoms with Crippen molar-refractivity contribution >= 4 is 18.3 Å². The molecule has 0 saturated carbocycles. The first-order valence-corrected chi connectivity index (χ1v) is 7.59. The van der Waals surface area contributed by atoms with Crippen molar-refractivity contribution in [2.24, 2.45) is 0 Å². The molecule has 1 saturated heterocycles. The first kappa shape index (κ1) is 14.0.